The molecule has 2 aromatic rings. The fraction of sp³-hybridized carbons (Fsp3) is 0.286. The van der Waals surface area contributed by atoms with Crippen LogP contribution >= 0.6 is 34.5 Å². The zero-order chi connectivity index (χ0) is 12.5. The molecule has 0 atom stereocenters. The van der Waals surface area contributed by atoms with Crippen LogP contribution in [-0.4, -0.2) is 6.04 Å². The third-order valence-corrected chi connectivity index (χ3v) is 4.75. The minimum absolute atomic E-state index is 0.718. The molecule has 1 aliphatic carbocycles. The van der Waals surface area contributed by atoms with Crippen molar-refractivity contribution in [1.29, 1.82) is 0 Å². The molecule has 1 heterocycles. The lowest BCUT2D eigenvalue weighted by Gasteiger charge is -2.07. The molecule has 0 aliphatic heterocycles. The van der Waals surface area contributed by atoms with Crippen LogP contribution < -0.4 is 5.32 Å². The van der Waals surface area contributed by atoms with Crippen molar-refractivity contribution in [1.82, 2.24) is 5.32 Å². The van der Waals surface area contributed by atoms with E-state index in [1.165, 1.54) is 18.4 Å². The van der Waals surface area contributed by atoms with Crippen molar-refractivity contribution < 1.29 is 0 Å². The van der Waals surface area contributed by atoms with E-state index < -0.39 is 0 Å². The molecule has 1 aromatic heterocycles. The number of rotatable bonds is 4. The molecule has 1 saturated carbocycles. The summed E-state index contributed by atoms with van der Waals surface area (Å²) in [6.07, 6.45) is 2.60. The first-order valence-corrected chi connectivity index (χ1v) is 7.63. The van der Waals surface area contributed by atoms with Crippen molar-refractivity contribution in [2.75, 3.05) is 0 Å². The minimum Gasteiger partial charge on any atom is -0.310 e. The van der Waals surface area contributed by atoms with E-state index in [-0.39, 0.29) is 0 Å². The molecule has 0 bridgehead atoms. The molecule has 1 nitrogen and oxygen atoms in total. The van der Waals surface area contributed by atoms with E-state index >= 15 is 0 Å². The summed E-state index contributed by atoms with van der Waals surface area (Å²) < 4.78 is 0. The first-order valence-electron chi connectivity index (χ1n) is 5.99. The lowest BCUT2D eigenvalue weighted by atomic mass is 10.1. The maximum atomic E-state index is 6.34. The number of benzene rings is 1. The van der Waals surface area contributed by atoms with Crippen molar-refractivity contribution in [3.8, 4) is 10.4 Å². The summed E-state index contributed by atoms with van der Waals surface area (Å²) in [7, 11) is 0. The van der Waals surface area contributed by atoms with Crippen LogP contribution in [0.5, 0.6) is 0 Å². The van der Waals surface area contributed by atoms with Gasteiger partial charge in [-0.2, -0.15) is 0 Å². The highest BCUT2D eigenvalue weighted by molar-refractivity contribution is 7.14. The molecule has 94 valence electrons. The molecule has 0 amide bonds. The summed E-state index contributed by atoms with van der Waals surface area (Å²) in [5.74, 6) is 0. The monoisotopic (exact) mass is 297 g/mol. The fourth-order valence-electron chi connectivity index (χ4n) is 1.89. The smallest absolute Gasteiger partial charge is 0.0592 e. The molecule has 0 spiro atoms. The van der Waals surface area contributed by atoms with E-state index in [1.807, 2.05) is 17.5 Å². The second kappa shape index (κ2) is 5.22. The average Bonchev–Trinajstić information content (AvgIpc) is 3.09. The minimum atomic E-state index is 0.718. The first kappa shape index (κ1) is 12.5. The summed E-state index contributed by atoms with van der Waals surface area (Å²) in [6, 6.07) is 8.83. The molecule has 1 fully saturated rings. The van der Waals surface area contributed by atoms with E-state index in [1.54, 1.807) is 11.3 Å². The molecule has 18 heavy (non-hydrogen) atoms. The number of halogens is 2. The van der Waals surface area contributed by atoms with Crippen LogP contribution in [0.3, 0.4) is 0 Å². The van der Waals surface area contributed by atoms with Crippen LogP contribution in [0, 0.1) is 0 Å². The summed E-state index contributed by atoms with van der Waals surface area (Å²) in [6.45, 7) is 0.892. The van der Waals surface area contributed by atoms with Gasteiger partial charge in [-0.05, 0) is 35.9 Å². The van der Waals surface area contributed by atoms with Crippen LogP contribution in [-0.2, 0) is 6.54 Å². The molecule has 0 radical (unpaired) electrons. The Morgan fingerprint density at radius 3 is 2.61 bits per heavy atom. The largest absolute Gasteiger partial charge is 0.310 e. The Morgan fingerprint density at radius 2 is 2.00 bits per heavy atom. The quantitative estimate of drug-likeness (QED) is 0.840. The van der Waals surface area contributed by atoms with Gasteiger partial charge in [0.25, 0.3) is 0 Å². The molecule has 0 saturated heterocycles. The van der Waals surface area contributed by atoms with Crippen molar-refractivity contribution >= 4 is 34.5 Å². The second-order valence-corrected chi connectivity index (χ2v) is 6.30. The third kappa shape index (κ3) is 2.72. The topological polar surface area (TPSA) is 12.0 Å². The second-order valence-electron chi connectivity index (χ2n) is 4.57. The molecule has 1 N–H and O–H groups in total. The van der Waals surface area contributed by atoms with E-state index in [9.17, 15) is 0 Å². The average molecular weight is 298 g/mol. The Bertz CT molecular complexity index is 561. The van der Waals surface area contributed by atoms with Gasteiger partial charge in [-0.1, -0.05) is 35.3 Å². The lowest BCUT2D eigenvalue weighted by Crippen LogP contribution is -2.15. The highest BCUT2D eigenvalue weighted by Gasteiger charge is 2.20. The van der Waals surface area contributed by atoms with Gasteiger partial charge in [0.15, 0.2) is 0 Å². The Hall–Kier alpha value is -0.540. The lowest BCUT2D eigenvalue weighted by molar-refractivity contribution is 0.688. The standard InChI is InChI=1S/C14H13Cl2NS/c15-12-5-6-18-14(12)11-4-1-9(7-13(11)16)8-17-10-2-3-10/h1,4-7,10,17H,2-3,8H2. The van der Waals surface area contributed by atoms with Crippen LogP contribution in [0.15, 0.2) is 29.6 Å². The molecular formula is C14H13Cl2NS. The van der Waals surface area contributed by atoms with Gasteiger partial charge < -0.3 is 5.32 Å². The van der Waals surface area contributed by atoms with Crippen LogP contribution in [0.1, 0.15) is 18.4 Å². The van der Waals surface area contributed by atoms with E-state index in [0.29, 0.717) is 0 Å². The van der Waals surface area contributed by atoms with Gasteiger partial charge in [-0.15, -0.1) is 11.3 Å². The SMILES string of the molecule is Clc1cc(CNC2CC2)ccc1-c1sccc1Cl. The number of hydrogen-bond donors (Lipinski definition) is 1. The van der Waals surface area contributed by atoms with Crippen molar-refractivity contribution in [2.24, 2.45) is 0 Å². The number of nitrogens with one attached hydrogen (secondary N) is 1. The first-order chi connectivity index (χ1) is 8.74. The van der Waals surface area contributed by atoms with Gasteiger partial charge >= 0.3 is 0 Å². The maximum absolute atomic E-state index is 6.34. The van der Waals surface area contributed by atoms with Crippen LogP contribution in [0.25, 0.3) is 10.4 Å². The summed E-state index contributed by atoms with van der Waals surface area (Å²) in [5, 5.41) is 7.01. The predicted octanol–water partition coefficient (Wildman–Crippen LogP) is 4.97. The number of hydrogen-bond acceptors (Lipinski definition) is 2. The third-order valence-electron chi connectivity index (χ3n) is 3.07. The van der Waals surface area contributed by atoms with E-state index in [2.05, 4.69) is 17.4 Å². The molecule has 3 rings (SSSR count). The Labute approximate surface area is 121 Å². The summed E-state index contributed by atoms with van der Waals surface area (Å²) in [5.41, 5.74) is 2.25. The van der Waals surface area contributed by atoms with Gasteiger partial charge in [0, 0.05) is 23.2 Å². The highest BCUT2D eigenvalue weighted by atomic mass is 35.5. The summed E-state index contributed by atoms with van der Waals surface area (Å²) in [4.78, 5) is 1.04. The summed E-state index contributed by atoms with van der Waals surface area (Å²) >= 11 is 14.1. The molecule has 0 unspecified atom stereocenters. The zero-order valence-electron chi connectivity index (χ0n) is 9.75. The molecule has 1 aromatic carbocycles. The number of thiophene rings is 1. The molecule has 4 heteroatoms. The predicted molar refractivity (Wildman–Crippen MR) is 79.6 cm³/mol. The van der Waals surface area contributed by atoms with Crippen molar-refractivity contribution in [3.05, 3.63) is 45.3 Å². The van der Waals surface area contributed by atoms with Gasteiger partial charge in [0.2, 0.25) is 0 Å². The Kier molecular flexibility index (Phi) is 3.62. The van der Waals surface area contributed by atoms with E-state index in [4.69, 9.17) is 23.2 Å². The maximum Gasteiger partial charge on any atom is 0.0592 e. The normalized spacial score (nSPS) is 15.0. The van der Waals surface area contributed by atoms with Gasteiger partial charge in [0.1, 0.15) is 0 Å². The van der Waals surface area contributed by atoms with Gasteiger partial charge in [0.05, 0.1) is 9.90 Å². The molecular weight excluding hydrogens is 285 g/mol. The van der Waals surface area contributed by atoms with Gasteiger partial charge in [-0.3, -0.25) is 0 Å². The van der Waals surface area contributed by atoms with Crippen molar-refractivity contribution in [2.45, 2.75) is 25.4 Å². The zero-order valence-corrected chi connectivity index (χ0v) is 12.1. The van der Waals surface area contributed by atoms with Gasteiger partial charge in [-0.25, -0.2) is 0 Å². The highest BCUT2D eigenvalue weighted by Crippen LogP contribution is 2.37. The Balaban J connectivity index is 1.82. The Morgan fingerprint density at radius 1 is 1.17 bits per heavy atom. The fourth-order valence-corrected chi connectivity index (χ4v) is 3.44. The van der Waals surface area contributed by atoms with Crippen LogP contribution in [0.2, 0.25) is 10.0 Å². The van der Waals surface area contributed by atoms with Crippen molar-refractivity contribution in [3.63, 3.8) is 0 Å². The van der Waals surface area contributed by atoms with Crippen LogP contribution in [0.4, 0.5) is 0 Å². The molecule has 1 aliphatic rings. The van der Waals surface area contributed by atoms with E-state index in [0.717, 1.165) is 33.1 Å².